The van der Waals surface area contributed by atoms with Gasteiger partial charge in [0.2, 0.25) is 0 Å². The van der Waals surface area contributed by atoms with E-state index in [1.165, 1.54) is 6.33 Å². The molecule has 6 heteroatoms. The molecule has 0 aliphatic rings. The minimum absolute atomic E-state index is 0.317. The van der Waals surface area contributed by atoms with Crippen LogP contribution in [0.2, 0.25) is 0 Å². The summed E-state index contributed by atoms with van der Waals surface area (Å²) in [5.74, 6) is 0. The van der Waals surface area contributed by atoms with Crippen LogP contribution < -0.4 is 5.69 Å². The highest BCUT2D eigenvalue weighted by molar-refractivity contribution is 4.83. The molecule has 1 heterocycles. The minimum Gasteiger partial charge on any atom is -0.394 e. The summed E-state index contributed by atoms with van der Waals surface area (Å²) in [5, 5.41) is 23.5. The first-order valence-electron chi connectivity index (χ1n) is 3.48. The molecule has 0 aliphatic heterocycles. The smallest absolute Gasteiger partial charge is 0.343 e. The Morgan fingerprint density at radius 1 is 1.67 bits per heavy atom. The van der Waals surface area contributed by atoms with E-state index < -0.39 is 11.2 Å². The Bertz CT molecular complexity index is 299. The number of nitrogens with one attached hydrogen (secondary N) is 1. The van der Waals surface area contributed by atoms with Crippen LogP contribution in [0.3, 0.4) is 0 Å². The lowest BCUT2D eigenvalue weighted by atomic mass is 10.1. The molecule has 0 saturated heterocycles. The maximum absolute atomic E-state index is 11.0. The number of rotatable bonds is 3. The van der Waals surface area contributed by atoms with Crippen LogP contribution in [0, 0.1) is 0 Å². The van der Waals surface area contributed by atoms with Crippen LogP contribution in [0.1, 0.15) is 6.92 Å². The molecule has 1 aromatic rings. The first kappa shape index (κ1) is 8.95. The van der Waals surface area contributed by atoms with Gasteiger partial charge >= 0.3 is 5.69 Å². The number of hydrogen-bond acceptors (Lipinski definition) is 4. The summed E-state index contributed by atoms with van der Waals surface area (Å²) in [7, 11) is 0. The van der Waals surface area contributed by atoms with E-state index in [-0.39, 0.29) is 13.2 Å². The van der Waals surface area contributed by atoms with E-state index in [9.17, 15) is 4.79 Å². The molecule has 6 nitrogen and oxygen atoms in total. The van der Waals surface area contributed by atoms with Crippen molar-refractivity contribution in [3.8, 4) is 0 Å². The lowest BCUT2D eigenvalue weighted by molar-refractivity contribution is 0.0751. The summed E-state index contributed by atoms with van der Waals surface area (Å²) in [5.41, 5.74) is -1.43. The largest absolute Gasteiger partial charge is 0.394 e. The molecule has 0 aromatic carbocycles. The molecule has 1 rings (SSSR count). The molecule has 0 aliphatic carbocycles. The first-order valence-corrected chi connectivity index (χ1v) is 3.48. The van der Waals surface area contributed by atoms with Gasteiger partial charge in [-0.25, -0.2) is 9.89 Å². The van der Waals surface area contributed by atoms with E-state index in [0.29, 0.717) is 0 Å². The average molecular weight is 173 g/mol. The van der Waals surface area contributed by atoms with Crippen LogP contribution in [0.25, 0.3) is 0 Å². The second-order valence-electron chi connectivity index (χ2n) is 2.84. The number of hydrogen-bond donors (Lipinski definition) is 3. The Hall–Kier alpha value is -1.14. The monoisotopic (exact) mass is 173 g/mol. The summed E-state index contributed by atoms with van der Waals surface area (Å²) >= 11 is 0. The molecule has 0 radical (unpaired) electrons. The maximum Gasteiger partial charge on any atom is 0.343 e. The summed E-state index contributed by atoms with van der Waals surface area (Å²) in [6, 6.07) is 0. The van der Waals surface area contributed by atoms with Gasteiger partial charge in [0.15, 0.2) is 0 Å². The zero-order chi connectivity index (χ0) is 9.19. The Morgan fingerprint density at radius 2 is 2.25 bits per heavy atom. The fraction of sp³-hybridized carbons (Fsp3) is 0.667. The van der Waals surface area contributed by atoms with E-state index in [0.717, 1.165) is 4.57 Å². The van der Waals surface area contributed by atoms with Gasteiger partial charge < -0.3 is 10.2 Å². The number of H-pyrrole nitrogens is 1. The molecule has 3 N–H and O–H groups in total. The Labute approximate surface area is 68.5 Å². The number of aliphatic hydroxyl groups is 2. The van der Waals surface area contributed by atoms with Crippen molar-refractivity contribution < 1.29 is 10.2 Å². The highest BCUT2D eigenvalue weighted by atomic mass is 16.3. The quantitative estimate of drug-likeness (QED) is 0.506. The lowest BCUT2D eigenvalue weighted by Gasteiger charge is -2.24. The third-order valence-corrected chi connectivity index (χ3v) is 1.82. The van der Waals surface area contributed by atoms with Gasteiger partial charge in [-0.1, -0.05) is 0 Å². The summed E-state index contributed by atoms with van der Waals surface area (Å²) in [6.07, 6.45) is 1.24. The van der Waals surface area contributed by atoms with Crippen molar-refractivity contribution in [2.45, 2.75) is 12.5 Å². The van der Waals surface area contributed by atoms with Gasteiger partial charge in [-0.05, 0) is 6.92 Å². The predicted octanol–water partition coefficient (Wildman–Crippen LogP) is -1.73. The van der Waals surface area contributed by atoms with Gasteiger partial charge in [0.05, 0.1) is 18.8 Å². The van der Waals surface area contributed by atoms with Crippen molar-refractivity contribution in [3.63, 3.8) is 0 Å². The average Bonchev–Trinajstić information content (AvgIpc) is 2.51. The SMILES string of the molecule is CC(CO)(CO)n1cn[nH]c1=O. The molecule has 0 unspecified atom stereocenters. The Kier molecular flexibility index (Phi) is 2.30. The topological polar surface area (TPSA) is 91.1 Å². The fourth-order valence-electron chi connectivity index (χ4n) is 0.835. The standard InChI is InChI=1S/C6H11N3O3/c1-6(2-10,3-11)9-4-7-8-5(9)12/h4,10-11H,2-3H2,1H3,(H,8,12). The van der Waals surface area contributed by atoms with Crippen molar-refractivity contribution in [3.05, 3.63) is 16.8 Å². The van der Waals surface area contributed by atoms with Gasteiger partial charge in [-0.2, -0.15) is 5.10 Å². The van der Waals surface area contributed by atoms with Crippen LogP contribution in [-0.4, -0.2) is 38.2 Å². The predicted molar refractivity (Wildman–Crippen MR) is 40.7 cm³/mol. The molecule has 0 atom stereocenters. The van der Waals surface area contributed by atoms with E-state index in [4.69, 9.17) is 10.2 Å². The number of aliphatic hydroxyl groups excluding tert-OH is 2. The normalized spacial score (nSPS) is 11.9. The number of nitrogens with zero attached hydrogens (tertiary/aromatic N) is 2. The molecular weight excluding hydrogens is 162 g/mol. The Balaban J connectivity index is 3.11. The molecular formula is C6H11N3O3. The van der Waals surface area contributed by atoms with Crippen LogP contribution in [0.4, 0.5) is 0 Å². The first-order chi connectivity index (χ1) is 5.64. The van der Waals surface area contributed by atoms with Gasteiger partial charge in [0.1, 0.15) is 6.33 Å². The van der Waals surface area contributed by atoms with Crippen LogP contribution in [0.5, 0.6) is 0 Å². The molecule has 68 valence electrons. The van der Waals surface area contributed by atoms with E-state index in [2.05, 4.69) is 10.2 Å². The molecule has 0 bridgehead atoms. The van der Waals surface area contributed by atoms with Crippen molar-refractivity contribution in [2.24, 2.45) is 0 Å². The molecule has 12 heavy (non-hydrogen) atoms. The third kappa shape index (κ3) is 1.26. The highest BCUT2D eigenvalue weighted by Crippen LogP contribution is 2.09. The molecule has 0 amide bonds. The second kappa shape index (κ2) is 3.08. The zero-order valence-electron chi connectivity index (χ0n) is 6.69. The van der Waals surface area contributed by atoms with E-state index in [1.807, 2.05) is 0 Å². The summed E-state index contributed by atoms with van der Waals surface area (Å²) in [4.78, 5) is 11.0. The third-order valence-electron chi connectivity index (χ3n) is 1.82. The molecule has 0 spiro atoms. The molecule has 1 aromatic heterocycles. The highest BCUT2D eigenvalue weighted by Gasteiger charge is 2.26. The van der Waals surface area contributed by atoms with Gasteiger partial charge in [-0.3, -0.25) is 4.57 Å². The van der Waals surface area contributed by atoms with E-state index in [1.54, 1.807) is 6.92 Å². The summed E-state index contributed by atoms with van der Waals surface area (Å²) < 4.78 is 1.16. The minimum atomic E-state index is -0.982. The van der Waals surface area contributed by atoms with Gasteiger partial charge in [0, 0.05) is 0 Å². The van der Waals surface area contributed by atoms with Crippen molar-refractivity contribution in [1.29, 1.82) is 0 Å². The van der Waals surface area contributed by atoms with Gasteiger partial charge in [0.25, 0.3) is 0 Å². The zero-order valence-corrected chi connectivity index (χ0v) is 6.69. The lowest BCUT2D eigenvalue weighted by Crippen LogP contribution is -2.43. The number of aromatic nitrogens is 3. The van der Waals surface area contributed by atoms with Crippen LogP contribution in [-0.2, 0) is 5.54 Å². The number of aromatic amines is 1. The maximum atomic E-state index is 11.0. The second-order valence-corrected chi connectivity index (χ2v) is 2.84. The van der Waals surface area contributed by atoms with Crippen molar-refractivity contribution in [1.82, 2.24) is 14.8 Å². The molecule has 0 fully saturated rings. The molecule has 0 saturated carbocycles. The van der Waals surface area contributed by atoms with Crippen molar-refractivity contribution >= 4 is 0 Å². The van der Waals surface area contributed by atoms with Gasteiger partial charge in [-0.15, -0.1) is 0 Å². The van der Waals surface area contributed by atoms with E-state index >= 15 is 0 Å². The van der Waals surface area contributed by atoms with Crippen LogP contribution in [0.15, 0.2) is 11.1 Å². The Morgan fingerprint density at radius 3 is 2.58 bits per heavy atom. The summed E-state index contributed by atoms with van der Waals surface area (Å²) in [6.45, 7) is 0.926. The van der Waals surface area contributed by atoms with Crippen molar-refractivity contribution in [2.75, 3.05) is 13.2 Å². The fourth-order valence-corrected chi connectivity index (χ4v) is 0.835. The van der Waals surface area contributed by atoms with Crippen LogP contribution >= 0.6 is 0 Å².